The minimum atomic E-state index is -3.34. The summed E-state index contributed by atoms with van der Waals surface area (Å²) in [5.74, 6) is -0.380. The van der Waals surface area contributed by atoms with Crippen molar-refractivity contribution in [3.8, 4) is 5.69 Å². The van der Waals surface area contributed by atoms with Crippen LogP contribution in [-0.4, -0.2) is 54.1 Å². The number of rotatable bonds is 7. The van der Waals surface area contributed by atoms with Crippen molar-refractivity contribution < 1.29 is 17.6 Å². The minimum absolute atomic E-state index is 0. The van der Waals surface area contributed by atoms with Crippen molar-refractivity contribution >= 4 is 39.1 Å². The predicted molar refractivity (Wildman–Crippen MR) is 153 cm³/mol. The second-order valence-electron chi connectivity index (χ2n) is 9.97. The molecule has 39 heavy (non-hydrogen) atoms. The monoisotopic (exact) mass is 571 g/mol. The van der Waals surface area contributed by atoms with Gasteiger partial charge >= 0.3 is 5.69 Å². The van der Waals surface area contributed by atoms with Crippen LogP contribution in [0.2, 0.25) is 0 Å². The summed E-state index contributed by atoms with van der Waals surface area (Å²) in [6.07, 6.45) is 2.60. The van der Waals surface area contributed by atoms with E-state index in [9.17, 15) is 22.4 Å². The van der Waals surface area contributed by atoms with Gasteiger partial charge < -0.3 is 4.90 Å². The lowest BCUT2D eigenvalue weighted by molar-refractivity contribution is 0.0837. The number of aromatic nitrogens is 2. The molecule has 1 fully saturated rings. The van der Waals surface area contributed by atoms with Crippen LogP contribution in [0.3, 0.4) is 0 Å². The average molecular weight is 572 g/mol. The lowest BCUT2D eigenvalue weighted by Gasteiger charge is -2.31. The Morgan fingerprint density at radius 3 is 2.21 bits per heavy atom. The molecule has 0 atom stereocenters. The number of para-hydroxylation sites is 1. The smallest absolute Gasteiger partial charge is 0.302 e. The number of aryl methyl sites for hydroxylation is 1. The van der Waals surface area contributed by atoms with Gasteiger partial charge in [-0.25, -0.2) is 17.6 Å². The summed E-state index contributed by atoms with van der Waals surface area (Å²) >= 11 is 0. The molecule has 0 bridgehead atoms. The highest BCUT2D eigenvalue weighted by atomic mass is 35.5. The van der Waals surface area contributed by atoms with Gasteiger partial charge in [0.1, 0.15) is 5.82 Å². The van der Waals surface area contributed by atoms with Gasteiger partial charge in [0.05, 0.1) is 21.6 Å². The number of benzene rings is 3. The van der Waals surface area contributed by atoms with Crippen LogP contribution in [0, 0.1) is 18.7 Å². The van der Waals surface area contributed by atoms with Gasteiger partial charge in [-0.2, -0.15) is 0 Å². The van der Waals surface area contributed by atoms with E-state index in [1.54, 1.807) is 33.4 Å². The molecule has 0 spiro atoms. The zero-order chi connectivity index (χ0) is 27.0. The van der Waals surface area contributed by atoms with E-state index in [4.69, 9.17) is 0 Å². The molecule has 4 aromatic rings. The molecule has 0 amide bonds. The van der Waals surface area contributed by atoms with Crippen LogP contribution in [-0.2, 0) is 16.4 Å². The SMILES string of the molecule is Cc1cccc2c1n(-c1ccc(S(C)(=O)=O)cc1)c(=O)n2CCN1CCC(C(=O)c2ccc(F)cc2)CC1.Cl. The molecular formula is C29H31ClFN3O4S. The summed E-state index contributed by atoms with van der Waals surface area (Å²) in [6, 6.07) is 17.9. The summed E-state index contributed by atoms with van der Waals surface area (Å²) < 4.78 is 40.4. The molecule has 3 aromatic carbocycles. The summed E-state index contributed by atoms with van der Waals surface area (Å²) in [6.45, 7) is 4.60. The molecule has 0 aliphatic carbocycles. The van der Waals surface area contributed by atoms with Crippen LogP contribution < -0.4 is 5.69 Å². The van der Waals surface area contributed by atoms with E-state index in [0.717, 1.165) is 48.8 Å². The second kappa shape index (κ2) is 11.5. The number of Topliss-reactive ketones (excluding diaryl/α,β-unsaturated/α-hetero) is 1. The molecule has 2 heterocycles. The highest BCUT2D eigenvalue weighted by Crippen LogP contribution is 2.24. The number of carbonyl (C=O) groups excluding carboxylic acids is 1. The van der Waals surface area contributed by atoms with E-state index >= 15 is 0 Å². The van der Waals surface area contributed by atoms with E-state index in [2.05, 4.69) is 4.90 Å². The summed E-state index contributed by atoms with van der Waals surface area (Å²) in [4.78, 5) is 28.9. The zero-order valence-corrected chi connectivity index (χ0v) is 23.5. The molecule has 0 saturated carbocycles. The Bertz CT molecular complexity index is 1650. The molecule has 7 nitrogen and oxygen atoms in total. The number of hydrogen-bond donors (Lipinski definition) is 0. The number of halogens is 2. The molecule has 0 unspecified atom stereocenters. The summed E-state index contributed by atoms with van der Waals surface area (Å²) in [7, 11) is -3.34. The first-order chi connectivity index (χ1) is 18.1. The van der Waals surface area contributed by atoms with Crippen molar-refractivity contribution in [2.75, 3.05) is 25.9 Å². The van der Waals surface area contributed by atoms with Gasteiger partial charge in [-0.05, 0) is 93.0 Å². The van der Waals surface area contributed by atoms with Crippen LogP contribution in [0.15, 0.2) is 76.4 Å². The lowest BCUT2D eigenvalue weighted by Crippen LogP contribution is -2.39. The Labute approximate surface area is 233 Å². The standard InChI is InChI=1S/C29H30FN3O4S.ClH/c1-20-4-3-5-26-27(20)33(24-10-12-25(13-11-24)38(2,36)37)29(35)32(26)19-18-31-16-14-22(15-17-31)28(34)21-6-8-23(30)9-7-21;/h3-13,22H,14-19H2,1-2H3;1H. The van der Waals surface area contributed by atoms with Crippen LogP contribution in [0.4, 0.5) is 4.39 Å². The van der Waals surface area contributed by atoms with Crippen LogP contribution in [0.5, 0.6) is 0 Å². The minimum Gasteiger partial charge on any atom is -0.302 e. The lowest BCUT2D eigenvalue weighted by atomic mass is 9.89. The maximum atomic E-state index is 13.6. The normalized spacial score (nSPS) is 14.8. The van der Waals surface area contributed by atoms with Gasteiger partial charge in [-0.1, -0.05) is 12.1 Å². The number of hydrogen-bond acceptors (Lipinski definition) is 5. The number of imidazole rings is 1. The van der Waals surface area contributed by atoms with Crippen LogP contribution in [0.25, 0.3) is 16.7 Å². The van der Waals surface area contributed by atoms with Crippen molar-refractivity contribution in [2.24, 2.45) is 5.92 Å². The predicted octanol–water partition coefficient (Wildman–Crippen LogP) is 4.66. The Balaban J connectivity index is 0.00000353. The quantitative estimate of drug-likeness (QED) is 0.301. The third-order valence-corrected chi connectivity index (χ3v) is 8.53. The molecule has 1 aliphatic rings. The number of sulfone groups is 1. The van der Waals surface area contributed by atoms with Crippen molar-refractivity contribution in [1.29, 1.82) is 0 Å². The highest BCUT2D eigenvalue weighted by molar-refractivity contribution is 7.90. The molecule has 1 aliphatic heterocycles. The number of fused-ring (bicyclic) bond motifs is 1. The first-order valence-electron chi connectivity index (χ1n) is 12.7. The van der Waals surface area contributed by atoms with Gasteiger partial charge in [0.25, 0.3) is 0 Å². The number of piperidine rings is 1. The Hall–Kier alpha value is -3.27. The molecule has 0 N–H and O–H groups in total. The largest absolute Gasteiger partial charge is 0.333 e. The maximum Gasteiger partial charge on any atom is 0.333 e. The highest BCUT2D eigenvalue weighted by Gasteiger charge is 2.26. The first-order valence-corrected chi connectivity index (χ1v) is 14.6. The van der Waals surface area contributed by atoms with Gasteiger partial charge in [0.15, 0.2) is 15.6 Å². The average Bonchev–Trinajstić information content (AvgIpc) is 3.19. The number of nitrogens with zero attached hydrogens (tertiary/aromatic N) is 3. The van der Waals surface area contributed by atoms with Crippen molar-refractivity contribution in [3.05, 3.63) is 94.2 Å². The number of likely N-dealkylation sites (tertiary alicyclic amines) is 1. The fraction of sp³-hybridized carbons (Fsp3) is 0.310. The Morgan fingerprint density at radius 2 is 1.59 bits per heavy atom. The fourth-order valence-corrected chi connectivity index (χ4v) is 5.91. The maximum absolute atomic E-state index is 13.6. The summed E-state index contributed by atoms with van der Waals surface area (Å²) in [5, 5.41) is 0. The molecule has 0 radical (unpaired) electrons. The molecular weight excluding hydrogens is 541 g/mol. The van der Waals surface area contributed by atoms with E-state index in [0.29, 0.717) is 24.3 Å². The first kappa shape index (κ1) is 28.7. The van der Waals surface area contributed by atoms with Crippen molar-refractivity contribution in [3.63, 3.8) is 0 Å². The molecule has 1 aromatic heterocycles. The van der Waals surface area contributed by atoms with E-state index in [-0.39, 0.29) is 40.5 Å². The van der Waals surface area contributed by atoms with Crippen LogP contribution >= 0.6 is 12.4 Å². The van der Waals surface area contributed by atoms with E-state index in [1.807, 2.05) is 25.1 Å². The molecule has 1 saturated heterocycles. The Morgan fingerprint density at radius 1 is 0.949 bits per heavy atom. The number of ketones is 1. The van der Waals surface area contributed by atoms with Gasteiger partial charge in [0.2, 0.25) is 0 Å². The third-order valence-electron chi connectivity index (χ3n) is 7.40. The molecule has 5 rings (SSSR count). The second-order valence-corrected chi connectivity index (χ2v) is 12.0. The topological polar surface area (TPSA) is 81.4 Å². The van der Waals surface area contributed by atoms with E-state index < -0.39 is 9.84 Å². The van der Waals surface area contributed by atoms with Crippen LogP contribution in [0.1, 0.15) is 28.8 Å². The van der Waals surface area contributed by atoms with Crippen molar-refractivity contribution in [1.82, 2.24) is 14.0 Å². The summed E-state index contributed by atoms with van der Waals surface area (Å²) in [5.41, 5.74) is 3.55. The molecule has 10 heteroatoms. The third kappa shape index (κ3) is 5.85. The number of carbonyl (C=O) groups is 1. The van der Waals surface area contributed by atoms with Gasteiger partial charge in [-0.15, -0.1) is 12.4 Å². The van der Waals surface area contributed by atoms with Gasteiger partial charge in [0, 0.05) is 30.8 Å². The van der Waals surface area contributed by atoms with Gasteiger partial charge in [-0.3, -0.25) is 13.9 Å². The van der Waals surface area contributed by atoms with Crippen molar-refractivity contribution in [2.45, 2.75) is 31.2 Å². The molecule has 206 valence electrons. The zero-order valence-electron chi connectivity index (χ0n) is 21.8. The van der Waals surface area contributed by atoms with E-state index in [1.165, 1.54) is 24.3 Å². The Kier molecular flexibility index (Phi) is 8.44. The fourth-order valence-electron chi connectivity index (χ4n) is 5.28.